The lowest BCUT2D eigenvalue weighted by atomic mass is 9.65. The molecule has 1 saturated carbocycles. The Morgan fingerprint density at radius 1 is 1.08 bits per heavy atom. The lowest BCUT2D eigenvalue weighted by Gasteiger charge is -2.45. The third-order valence-corrected chi connectivity index (χ3v) is 7.54. The third-order valence-electron chi connectivity index (χ3n) is 7.21. The van der Waals surface area contributed by atoms with Crippen molar-refractivity contribution < 1.29 is 33.0 Å². The Morgan fingerprint density at radius 3 is 2.51 bits per heavy atom. The largest absolute Gasteiger partial charge is 0.493 e. The zero-order valence-corrected chi connectivity index (χ0v) is 21.2. The molecule has 0 radical (unpaired) electrons. The van der Waals surface area contributed by atoms with Crippen molar-refractivity contribution in [3.63, 3.8) is 0 Å². The van der Waals surface area contributed by atoms with E-state index in [1.807, 2.05) is 23.1 Å². The minimum absolute atomic E-state index is 0.103. The Hall–Kier alpha value is -3.67. The van der Waals surface area contributed by atoms with Crippen molar-refractivity contribution in [1.29, 1.82) is 0 Å². The molecular formula is C25H28F2N4O5S. The van der Waals surface area contributed by atoms with Crippen LogP contribution >= 0.6 is 12.2 Å². The summed E-state index contributed by atoms with van der Waals surface area (Å²) in [6, 6.07) is 7.85. The molecule has 0 bridgehead atoms. The summed E-state index contributed by atoms with van der Waals surface area (Å²) in [5, 5.41) is 17.1. The quantitative estimate of drug-likeness (QED) is 0.425. The van der Waals surface area contributed by atoms with E-state index in [4.69, 9.17) is 21.7 Å². The zero-order valence-electron chi connectivity index (χ0n) is 20.3. The highest BCUT2D eigenvalue weighted by Crippen LogP contribution is 2.50. The number of amides is 3. The average molecular weight is 535 g/mol. The first-order valence-electron chi connectivity index (χ1n) is 11.7. The number of halogens is 2. The maximum atomic E-state index is 13.5. The van der Waals surface area contributed by atoms with Crippen LogP contribution < -0.4 is 25.4 Å². The van der Waals surface area contributed by atoms with Crippen molar-refractivity contribution in [2.24, 2.45) is 0 Å². The number of carboxylic acid groups (broad SMARTS) is 1. The molecule has 1 aliphatic carbocycles. The maximum Gasteiger partial charge on any atom is 0.410 e. The van der Waals surface area contributed by atoms with Crippen LogP contribution in [0.2, 0.25) is 0 Å². The summed E-state index contributed by atoms with van der Waals surface area (Å²) in [4.78, 5) is 25.8. The molecule has 3 atom stereocenters. The fourth-order valence-corrected chi connectivity index (χ4v) is 5.80. The predicted octanol–water partition coefficient (Wildman–Crippen LogP) is 4.22. The van der Waals surface area contributed by atoms with Gasteiger partial charge in [0.05, 0.1) is 14.2 Å². The van der Waals surface area contributed by atoms with Crippen molar-refractivity contribution in [2.75, 3.05) is 26.1 Å². The Labute approximate surface area is 218 Å². The number of nitrogens with one attached hydrogen (secondary N) is 3. The molecule has 37 heavy (non-hydrogen) atoms. The second kappa shape index (κ2) is 10.8. The first-order valence-corrected chi connectivity index (χ1v) is 12.1. The van der Waals surface area contributed by atoms with Crippen LogP contribution in [0.15, 0.2) is 36.4 Å². The van der Waals surface area contributed by atoms with Gasteiger partial charge in [0.2, 0.25) is 0 Å². The first-order chi connectivity index (χ1) is 17.7. The minimum atomic E-state index is -1.25. The molecule has 4 rings (SSSR count). The van der Waals surface area contributed by atoms with Gasteiger partial charge in [0.1, 0.15) is 0 Å². The molecule has 1 aliphatic heterocycles. The summed E-state index contributed by atoms with van der Waals surface area (Å²) in [5.41, 5.74) is 0.778. The summed E-state index contributed by atoms with van der Waals surface area (Å²) < 4.78 is 37.6. The number of ether oxygens (including phenoxy) is 2. The number of fused-ring (bicyclic) bond motifs is 1. The standard InChI is InChI=1S/C25H28F2N4O5S/c1-35-19-6-3-14(11-20(19)36-2)25-8-7-16(13-21(25)31(10-9-25)23(37)30-24(33)34)29-22(32)28-15-4-5-17(26)18(27)12-15/h3-6,11-12,16,21H,7-10,13H2,1-2H3,(H,30,37)(H,33,34)(H2,28,29,32). The number of benzene rings is 2. The van der Waals surface area contributed by atoms with Gasteiger partial charge in [0.25, 0.3) is 0 Å². The highest BCUT2D eigenvalue weighted by molar-refractivity contribution is 7.80. The Bertz CT molecular complexity index is 1220. The number of rotatable bonds is 5. The van der Waals surface area contributed by atoms with Crippen LogP contribution in [0, 0.1) is 11.6 Å². The Morgan fingerprint density at radius 2 is 1.84 bits per heavy atom. The molecule has 2 fully saturated rings. The number of anilines is 1. The lowest BCUT2D eigenvalue weighted by Crippen LogP contribution is -2.55. The second-order valence-electron chi connectivity index (χ2n) is 9.12. The van der Waals surface area contributed by atoms with E-state index in [-0.39, 0.29) is 28.3 Å². The second-order valence-corrected chi connectivity index (χ2v) is 9.51. The number of thiocarbonyl (C=S) groups is 1. The van der Waals surface area contributed by atoms with E-state index in [9.17, 15) is 23.5 Å². The van der Waals surface area contributed by atoms with E-state index in [0.717, 1.165) is 24.1 Å². The van der Waals surface area contributed by atoms with Crippen LogP contribution in [0.25, 0.3) is 0 Å². The van der Waals surface area contributed by atoms with Gasteiger partial charge in [0.15, 0.2) is 28.2 Å². The van der Waals surface area contributed by atoms with E-state index in [2.05, 4.69) is 16.0 Å². The number of hydrogen-bond donors (Lipinski definition) is 4. The number of carbonyl (C=O) groups is 2. The van der Waals surface area contributed by atoms with E-state index in [1.54, 1.807) is 14.2 Å². The normalized spacial score (nSPS) is 22.5. The van der Waals surface area contributed by atoms with Crippen LogP contribution in [-0.4, -0.2) is 60.1 Å². The highest BCUT2D eigenvalue weighted by atomic mass is 32.1. The summed E-state index contributed by atoms with van der Waals surface area (Å²) in [6.07, 6.45) is 1.30. The van der Waals surface area contributed by atoms with Gasteiger partial charge in [-0.1, -0.05) is 6.07 Å². The Kier molecular flexibility index (Phi) is 7.67. The molecule has 2 aliphatic rings. The van der Waals surface area contributed by atoms with Crippen molar-refractivity contribution >= 4 is 35.1 Å². The number of methoxy groups -OCH3 is 2. The molecule has 1 saturated heterocycles. The van der Waals surface area contributed by atoms with Gasteiger partial charge in [0, 0.05) is 35.8 Å². The monoisotopic (exact) mass is 534 g/mol. The summed E-state index contributed by atoms with van der Waals surface area (Å²) >= 11 is 5.41. The molecule has 2 aromatic carbocycles. The van der Waals surface area contributed by atoms with E-state index < -0.39 is 23.8 Å². The van der Waals surface area contributed by atoms with Gasteiger partial charge in [-0.3, -0.25) is 5.32 Å². The van der Waals surface area contributed by atoms with Crippen LogP contribution in [-0.2, 0) is 5.41 Å². The van der Waals surface area contributed by atoms with Gasteiger partial charge in [-0.15, -0.1) is 0 Å². The average Bonchev–Trinajstić information content (AvgIpc) is 3.25. The molecule has 0 spiro atoms. The Balaban J connectivity index is 1.57. The van der Waals surface area contributed by atoms with E-state index in [1.165, 1.54) is 6.07 Å². The van der Waals surface area contributed by atoms with Crippen LogP contribution in [0.4, 0.5) is 24.1 Å². The number of carbonyl (C=O) groups excluding carboxylic acids is 1. The SMILES string of the molecule is COc1ccc(C23CCC(NC(=O)Nc4ccc(F)c(F)c4)CC2N(C(=S)NC(=O)O)CC3)cc1OC. The van der Waals surface area contributed by atoms with Gasteiger partial charge < -0.3 is 30.1 Å². The molecule has 3 amide bonds. The molecule has 9 nitrogen and oxygen atoms in total. The maximum absolute atomic E-state index is 13.5. The van der Waals surface area contributed by atoms with Gasteiger partial charge in [-0.2, -0.15) is 0 Å². The number of nitrogens with zero attached hydrogens (tertiary/aromatic N) is 1. The lowest BCUT2D eigenvalue weighted by molar-refractivity contribution is 0.175. The fourth-order valence-electron chi connectivity index (χ4n) is 5.50. The van der Waals surface area contributed by atoms with Crippen molar-refractivity contribution in [1.82, 2.24) is 15.5 Å². The van der Waals surface area contributed by atoms with Gasteiger partial charge in [-0.25, -0.2) is 18.4 Å². The molecule has 12 heteroatoms. The summed E-state index contributed by atoms with van der Waals surface area (Å²) in [5.74, 6) is -0.876. The van der Waals surface area contributed by atoms with Crippen LogP contribution in [0.1, 0.15) is 31.2 Å². The van der Waals surface area contributed by atoms with Crippen LogP contribution in [0.5, 0.6) is 11.5 Å². The fraction of sp³-hybridized carbons (Fsp3) is 0.400. The van der Waals surface area contributed by atoms with E-state index >= 15 is 0 Å². The summed E-state index contributed by atoms with van der Waals surface area (Å²) in [6.45, 7) is 0.534. The predicted molar refractivity (Wildman–Crippen MR) is 136 cm³/mol. The van der Waals surface area contributed by atoms with E-state index in [0.29, 0.717) is 37.3 Å². The molecule has 2 aromatic rings. The van der Waals surface area contributed by atoms with Crippen molar-refractivity contribution in [3.8, 4) is 11.5 Å². The van der Waals surface area contributed by atoms with Crippen molar-refractivity contribution in [3.05, 3.63) is 53.6 Å². The molecule has 198 valence electrons. The highest BCUT2D eigenvalue weighted by Gasteiger charge is 2.52. The molecule has 0 aromatic heterocycles. The molecule has 3 unspecified atom stereocenters. The van der Waals surface area contributed by atoms with Gasteiger partial charge >= 0.3 is 12.1 Å². The topological polar surface area (TPSA) is 112 Å². The minimum Gasteiger partial charge on any atom is -0.493 e. The molecule has 1 heterocycles. The zero-order chi connectivity index (χ0) is 26.7. The van der Waals surface area contributed by atoms with Gasteiger partial charge in [-0.05, 0) is 67.7 Å². The number of hydrogen-bond acceptors (Lipinski definition) is 5. The molecular weight excluding hydrogens is 506 g/mol. The summed E-state index contributed by atoms with van der Waals surface area (Å²) in [7, 11) is 3.13. The van der Waals surface area contributed by atoms with Crippen LogP contribution in [0.3, 0.4) is 0 Å². The number of urea groups is 1. The third kappa shape index (κ3) is 5.38. The van der Waals surface area contributed by atoms with Crippen molar-refractivity contribution in [2.45, 2.75) is 43.2 Å². The first kappa shape index (κ1) is 26.4. The smallest absolute Gasteiger partial charge is 0.410 e. The molecule has 4 N–H and O–H groups in total. The number of likely N-dealkylation sites (tertiary alicyclic amines) is 1.